The number of nitrogens with one attached hydrogen (secondary N) is 1. The Kier molecular flexibility index (Phi) is 5.25. The highest BCUT2D eigenvalue weighted by Crippen LogP contribution is 2.08. The first-order chi connectivity index (χ1) is 8.93. The predicted molar refractivity (Wildman–Crippen MR) is 64.8 cm³/mol. The third-order valence-electron chi connectivity index (χ3n) is 2.51. The van der Waals surface area contributed by atoms with Crippen molar-refractivity contribution in [3.63, 3.8) is 0 Å². The molecular formula is C12H15FN2O4. The topological polar surface area (TPSA) is 78.9 Å². The molecule has 6 nitrogen and oxygen atoms in total. The molecule has 0 saturated heterocycles. The van der Waals surface area contributed by atoms with Gasteiger partial charge in [0.15, 0.2) is 0 Å². The summed E-state index contributed by atoms with van der Waals surface area (Å²) in [6.07, 6.45) is -1.30. The molecule has 1 aromatic carbocycles. The van der Waals surface area contributed by atoms with E-state index in [1.165, 1.54) is 32.4 Å². The summed E-state index contributed by atoms with van der Waals surface area (Å²) in [5.74, 6) is -1.01. The van der Waals surface area contributed by atoms with Crippen LogP contribution in [0.15, 0.2) is 24.3 Å². The minimum Gasteiger partial charge on any atom is -0.465 e. The summed E-state index contributed by atoms with van der Waals surface area (Å²) in [6.45, 7) is 0. The van der Waals surface area contributed by atoms with E-state index in [0.29, 0.717) is 5.56 Å². The van der Waals surface area contributed by atoms with Crippen LogP contribution in [0.5, 0.6) is 0 Å². The molecule has 2 N–H and O–H groups in total. The number of carbonyl (C=O) groups is 2. The third-order valence-corrected chi connectivity index (χ3v) is 2.51. The zero-order valence-electron chi connectivity index (χ0n) is 10.6. The summed E-state index contributed by atoms with van der Waals surface area (Å²) in [4.78, 5) is 27.3. The van der Waals surface area contributed by atoms with Gasteiger partial charge in [-0.1, -0.05) is 12.1 Å². The predicted octanol–water partition coefficient (Wildman–Crippen LogP) is 1.02. The lowest BCUT2D eigenvalue weighted by molar-refractivity contribution is -0.170. The molecule has 1 aromatic rings. The molecule has 7 heteroatoms. The summed E-state index contributed by atoms with van der Waals surface area (Å²) in [6, 6.07) is 4.58. The van der Waals surface area contributed by atoms with Gasteiger partial charge < -0.3 is 10.4 Å². The summed E-state index contributed by atoms with van der Waals surface area (Å²) in [7, 11) is 2.66. The highest BCUT2D eigenvalue weighted by atomic mass is 19.1. The molecule has 0 fully saturated rings. The number of carboxylic acid groups (broad SMARTS) is 1. The third kappa shape index (κ3) is 4.55. The Labute approximate surface area is 109 Å². The van der Waals surface area contributed by atoms with Crippen LogP contribution in [0.2, 0.25) is 0 Å². The molecule has 0 bridgehead atoms. The molecule has 0 heterocycles. The first kappa shape index (κ1) is 14.9. The van der Waals surface area contributed by atoms with Gasteiger partial charge in [0, 0.05) is 13.5 Å². The molecular weight excluding hydrogens is 255 g/mol. The van der Waals surface area contributed by atoms with Crippen molar-refractivity contribution in [2.75, 3.05) is 14.2 Å². The highest BCUT2D eigenvalue weighted by molar-refractivity contribution is 5.84. The quantitative estimate of drug-likeness (QED) is 0.783. The smallest absolute Gasteiger partial charge is 0.405 e. The normalized spacial score (nSPS) is 11.7. The zero-order chi connectivity index (χ0) is 14.4. The van der Waals surface area contributed by atoms with Crippen LogP contribution in [0, 0.1) is 5.82 Å². The summed E-state index contributed by atoms with van der Waals surface area (Å²) >= 11 is 0. The number of likely N-dealkylation sites (N-methyl/N-ethyl adjacent to an activating group) is 1. The fraction of sp³-hybridized carbons (Fsp3) is 0.333. The van der Waals surface area contributed by atoms with Gasteiger partial charge in [-0.15, -0.1) is 0 Å². The van der Waals surface area contributed by atoms with Gasteiger partial charge in [0.1, 0.15) is 11.9 Å². The lowest BCUT2D eigenvalue weighted by atomic mass is 10.1. The van der Waals surface area contributed by atoms with Crippen molar-refractivity contribution in [2.45, 2.75) is 12.5 Å². The zero-order valence-corrected chi connectivity index (χ0v) is 10.6. The summed E-state index contributed by atoms with van der Waals surface area (Å²) < 4.78 is 13.0. The maximum atomic E-state index is 13.0. The standard InChI is InChI=1S/C12H15FN2O4/c1-15(19-2)11(16)10(14-12(17)18)7-8-4-3-5-9(13)6-8/h3-6,10,14H,7H2,1-2H3,(H,17,18). The number of nitrogens with zero attached hydrogens (tertiary/aromatic N) is 1. The molecule has 19 heavy (non-hydrogen) atoms. The minimum absolute atomic E-state index is 0.0383. The van der Waals surface area contributed by atoms with Crippen LogP contribution in [0.3, 0.4) is 0 Å². The average Bonchev–Trinajstić information content (AvgIpc) is 2.35. The second kappa shape index (κ2) is 6.69. The van der Waals surface area contributed by atoms with Crippen LogP contribution in [-0.2, 0) is 16.1 Å². The van der Waals surface area contributed by atoms with Crippen molar-refractivity contribution in [1.29, 1.82) is 0 Å². The largest absolute Gasteiger partial charge is 0.465 e. The van der Waals surface area contributed by atoms with E-state index in [4.69, 9.17) is 9.94 Å². The number of hydroxylamine groups is 2. The first-order valence-corrected chi connectivity index (χ1v) is 5.49. The average molecular weight is 270 g/mol. The Hall–Kier alpha value is -2.15. The van der Waals surface area contributed by atoms with E-state index in [2.05, 4.69) is 5.32 Å². The minimum atomic E-state index is -1.33. The second-order valence-electron chi connectivity index (χ2n) is 3.85. The monoisotopic (exact) mass is 270 g/mol. The van der Waals surface area contributed by atoms with Crippen molar-refractivity contribution in [3.05, 3.63) is 35.6 Å². The van der Waals surface area contributed by atoms with Crippen LogP contribution in [0.4, 0.5) is 9.18 Å². The van der Waals surface area contributed by atoms with E-state index in [9.17, 15) is 14.0 Å². The van der Waals surface area contributed by atoms with Gasteiger partial charge in [0.25, 0.3) is 5.91 Å². The fourth-order valence-electron chi connectivity index (χ4n) is 1.56. The fourth-order valence-corrected chi connectivity index (χ4v) is 1.56. The molecule has 0 saturated carbocycles. The maximum absolute atomic E-state index is 13.0. The molecule has 0 spiro atoms. The van der Waals surface area contributed by atoms with Crippen molar-refractivity contribution in [1.82, 2.24) is 10.4 Å². The van der Waals surface area contributed by atoms with Gasteiger partial charge in [-0.3, -0.25) is 9.63 Å². The van der Waals surface area contributed by atoms with Crippen LogP contribution >= 0.6 is 0 Å². The Morgan fingerprint density at radius 3 is 2.74 bits per heavy atom. The Morgan fingerprint density at radius 2 is 2.21 bits per heavy atom. The van der Waals surface area contributed by atoms with Gasteiger partial charge >= 0.3 is 6.09 Å². The van der Waals surface area contributed by atoms with E-state index < -0.39 is 23.9 Å². The highest BCUT2D eigenvalue weighted by Gasteiger charge is 2.24. The van der Waals surface area contributed by atoms with Crippen LogP contribution < -0.4 is 5.32 Å². The van der Waals surface area contributed by atoms with Crippen molar-refractivity contribution in [2.24, 2.45) is 0 Å². The molecule has 0 aliphatic heterocycles. The van der Waals surface area contributed by atoms with Gasteiger partial charge in [-0.25, -0.2) is 14.2 Å². The van der Waals surface area contributed by atoms with Crippen LogP contribution in [0.1, 0.15) is 5.56 Å². The Bertz CT molecular complexity index is 467. The molecule has 1 unspecified atom stereocenters. The van der Waals surface area contributed by atoms with E-state index in [1.807, 2.05) is 0 Å². The lowest BCUT2D eigenvalue weighted by Gasteiger charge is -2.21. The number of rotatable bonds is 5. The van der Waals surface area contributed by atoms with Gasteiger partial charge in [0.2, 0.25) is 0 Å². The second-order valence-corrected chi connectivity index (χ2v) is 3.85. The van der Waals surface area contributed by atoms with E-state index in [1.54, 1.807) is 6.07 Å². The molecule has 1 rings (SSSR count). The first-order valence-electron chi connectivity index (χ1n) is 5.49. The molecule has 2 amide bonds. The number of hydrogen-bond donors (Lipinski definition) is 2. The van der Waals surface area contributed by atoms with Crippen molar-refractivity contribution >= 4 is 12.0 Å². The number of halogens is 1. The summed E-state index contributed by atoms with van der Waals surface area (Å²) in [5, 5.41) is 11.7. The SMILES string of the molecule is CON(C)C(=O)C(Cc1cccc(F)c1)NC(=O)O. The molecule has 0 radical (unpaired) electrons. The molecule has 1 atom stereocenters. The van der Waals surface area contributed by atoms with E-state index >= 15 is 0 Å². The number of amides is 2. The van der Waals surface area contributed by atoms with Crippen molar-refractivity contribution in [3.8, 4) is 0 Å². The lowest BCUT2D eigenvalue weighted by Crippen LogP contribution is -2.47. The molecule has 104 valence electrons. The van der Waals surface area contributed by atoms with Gasteiger partial charge in [-0.2, -0.15) is 0 Å². The number of hydrogen-bond acceptors (Lipinski definition) is 3. The Morgan fingerprint density at radius 1 is 1.53 bits per heavy atom. The molecule has 0 aliphatic rings. The molecule has 0 aromatic heterocycles. The Balaban J connectivity index is 2.85. The summed E-state index contributed by atoms with van der Waals surface area (Å²) in [5.41, 5.74) is 0.511. The van der Waals surface area contributed by atoms with Crippen LogP contribution in [-0.4, -0.2) is 42.4 Å². The maximum Gasteiger partial charge on any atom is 0.405 e. The molecule has 0 aliphatic carbocycles. The van der Waals surface area contributed by atoms with Crippen molar-refractivity contribution < 1.29 is 23.9 Å². The number of benzene rings is 1. The van der Waals surface area contributed by atoms with E-state index in [0.717, 1.165) is 5.06 Å². The van der Waals surface area contributed by atoms with E-state index in [-0.39, 0.29) is 6.42 Å². The van der Waals surface area contributed by atoms with Crippen LogP contribution in [0.25, 0.3) is 0 Å². The van der Waals surface area contributed by atoms with Gasteiger partial charge in [0.05, 0.1) is 7.11 Å². The van der Waals surface area contributed by atoms with Gasteiger partial charge in [-0.05, 0) is 17.7 Å². The number of carbonyl (C=O) groups excluding carboxylic acids is 1.